The molecule has 1 aliphatic carbocycles. The van der Waals surface area contributed by atoms with Crippen molar-refractivity contribution in [3.63, 3.8) is 0 Å². The van der Waals surface area contributed by atoms with Crippen LogP contribution in [-0.4, -0.2) is 26.2 Å². The summed E-state index contributed by atoms with van der Waals surface area (Å²) in [6.45, 7) is 2.09. The van der Waals surface area contributed by atoms with Crippen molar-refractivity contribution in [2.75, 3.05) is 20.4 Å². The van der Waals surface area contributed by atoms with E-state index in [0.29, 0.717) is 12.6 Å². The Labute approximate surface area is 109 Å². The lowest BCUT2D eigenvalue weighted by molar-refractivity contribution is -0.115. The van der Waals surface area contributed by atoms with E-state index >= 15 is 0 Å². The van der Waals surface area contributed by atoms with Gasteiger partial charge in [-0.2, -0.15) is 0 Å². The molecule has 5 heteroatoms. The molecule has 1 rings (SSSR count). The van der Waals surface area contributed by atoms with E-state index in [9.17, 15) is 9.36 Å². The van der Waals surface area contributed by atoms with Crippen molar-refractivity contribution in [1.82, 2.24) is 0 Å². The Morgan fingerprint density at radius 2 is 2.00 bits per heavy atom. The van der Waals surface area contributed by atoms with Crippen molar-refractivity contribution in [1.29, 1.82) is 0 Å². The smallest absolute Gasteiger partial charge is 0.312 e. The Morgan fingerprint density at radius 3 is 2.50 bits per heavy atom. The summed E-state index contributed by atoms with van der Waals surface area (Å²) in [5, 5.41) is 0. The lowest BCUT2D eigenvalue weighted by atomic mass is 9.87. The highest BCUT2D eigenvalue weighted by Crippen LogP contribution is 2.50. The van der Waals surface area contributed by atoms with Gasteiger partial charge in [-0.25, -0.2) is 0 Å². The molecule has 0 bridgehead atoms. The average molecular weight is 274 g/mol. The monoisotopic (exact) mass is 274 g/mol. The van der Waals surface area contributed by atoms with E-state index in [1.54, 1.807) is 6.08 Å². The van der Waals surface area contributed by atoms with Gasteiger partial charge in [-0.05, 0) is 31.3 Å². The quantitative estimate of drug-likeness (QED) is 0.666. The molecule has 1 unspecified atom stereocenters. The first kappa shape index (κ1) is 15.6. The Bertz CT molecular complexity index is 354. The molecule has 0 heterocycles. The molecule has 0 amide bonds. The lowest BCUT2D eigenvalue weighted by Gasteiger charge is -2.25. The summed E-state index contributed by atoms with van der Waals surface area (Å²) in [5.41, 5.74) is 1.11. The molecule has 0 saturated heterocycles. The molecule has 0 aromatic rings. The van der Waals surface area contributed by atoms with Crippen LogP contribution < -0.4 is 0 Å². The van der Waals surface area contributed by atoms with Crippen LogP contribution in [0, 0.1) is 5.92 Å². The summed E-state index contributed by atoms with van der Waals surface area (Å²) in [4.78, 5) is 11.5. The summed E-state index contributed by atoms with van der Waals surface area (Å²) < 4.78 is 22.2. The van der Waals surface area contributed by atoms with Gasteiger partial charge in [0.15, 0.2) is 5.78 Å². The summed E-state index contributed by atoms with van der Waals surface area (Å²) >= 11 is 0. The summed E-state index contributed by atoms with van der Waals surface area (Å²) in [7, 11) is -0.185. The fraction of sp³-hybridized carbons (Fsp3) is 0.769. The van der Waals surface area contributed by atoms with Crippen LogP contribution in [-0.2, 0) is 18.4 Å². The number of allylic oxidation sites excluding steroid dienone is 2. The van der Waals surface area contributed by atoms with E-state index in [4.69, 9.17) is 9.05 Å². The van der Waals surface area contributed by atoms with E-state index in [2.05, 4.69) is 6.92 Å². The fourth-order valence-electron chi connectivity index (χ4n) is 2.38. The first-order valence-electron chi connectivity index (χ1n) is 6.48. The molecule has 0 aromatic heterocycles. The molecule has 18 heavy (non-hydrogen) atoms. The predicted molar refractivity (Wildman–Crippen MR) is 71.8 cm³/mol. The number of rotatable bonds is 7. The van der Waals surface area contributed by atoms with Crippen LogP contribution in [0.25, 0.3) is 0 Å². The number of hydrogen-bond donors (Lipinski definition) is 0. The molecule has 0 N–H and O–H groups in total. The third-order valence-electron chi connectivity index (χ3n) is 3.40. The van der Waals surface area contributed by atoms with Gasteiger partial charge in [-0.3, -0.25) is 9.36 Å². The first-order chi connectivity index (χ1) is 8.54. The van der Waals surface area contributed by atoms with E-state index in [1.165, 1.54) is 14.2 Å². The third kappa shape index (κ3) is 4.34. The zero-order chi connectivity index (χ0) is 13.6. The maximum atomic E-state index is 12.2. The molecule has 1 aliphatic rings. The van der Waals surface area contributed by atoms with Crippen molar-refractivity contribution >= 4 is 13.4 Å². The second-order valence-electron chi connectivity index (χ2n) is 4.68. The molecular formula is C13H23O4P. The van der Waals surface area contributed by atoms with Crippen LogP contribution in [0.15, 0.2) is 11.6 Å². The summed E-state index contributed by atoms with van der Waals surface area (Å²) in [6, 6.07) is 0. The number of carbonyl (C=O) groups excluding carboxylic acids is 1. The number of carbonyl (C=O) groups is 1. The first-order valence-corrected chi connectivity index (χ1v) is 8.21. The predicted octanol–water partition coefficient (Wildman–Crippen LogP) is 3.57. The average Bonchev–Trinajstić information content (AvgIpc) is 2.38. The topological polar surface area (TPSA) is 52.6 Å². The second-order valence-corrected chi connectivity index (χ2v) is 7.00. The van der Waals surface area contributed by atoms with Crippen LogP contribution in [0.5, 0.6) is 0 Å². The van der Waals surface area contributed by atoms with Crippen molar-refractivity contribution in [2.45, 2.75) is 39.0 Å². The molecule has 0 aliphatic heterocycles. The van der Waals surface area contributed by atoms with E-state index in [1.807, 2.05) is 0 Å². The Hall–Kier alpha value is -0.440. The van der Waals surface area contributed by atoms with Gasteiger partial charge in [0.1, 0.15) is 0 Å². The summed E-state index contributed by atoms with van der Waals surface area (Å²) in [6.07, 6.45) is 6.46. The Balaban J connectivity index is 2.82. The van der Waals surface area contributed by atoms with Crippen molar-refractivity contribution in [3.05, 3.63) is 11.6 Å². The van der Waals surface area contributed by atoms with Crippen molar-refractivity contribution in [3.8, 4) is 0 Å². The molecule has 0 saturated carbocycles. The standard InChI is InChI=1S/C13H23O4P/c1-4-6-12(10-18(15,16-2)17-3)11-7-5-8-13(14)9-11/h9,12H,4-8,10H2,1-3H3. The Kier molecular flexibility index (Phi) is 6.27. The van der Waals surface area contributed by atoms with Crippen molar-refractivity contribution in [2.24, 2.45) is 5.92 Å². The van der Waals surface area contributed by atoms with Gasteiger partial charge in [0, 0.05) is 20.6 Å². The molecule has 0 spiro atoms. The highest BCUT2D eigenvalue weighted by Gasteiger charge is 2.29. The minimum absolute atomic E-state index is 0.130. The third-order valence-corrected chi connectivity index (χ3v) is 5.40. The highest BCUT2D eigenvalue weighted by molar-refractivity contribution is 7.53. The van der Waals surface area contributed by atoms with Crippen molar-refractivity contribution < 1.29 is 18.4 Å². The van der Waals surface area contributed by atoms with Gasteiger partial charge in [-0.1, -0.05) is 18.9 Å². The normalized spacial score (nSPS) is 18.6. The largest absolute Gasteiger partial charge is 0.330 e. The Morgan fingerprint density at radius 1 is 1.33 bits per heavy atom. The molecule has 104 valence electrons. The van der Waals surface area contributed by atoms with Gasteiger partial charge in [0.25, 0.3) is 0 Å². The van der Waals surface area contributed by atoms with Gasteiger partial charge in [-0.15, -0.1) is 0 Å². The zero-order valence-electron chi connectivity index (χ0n) is 11.5. The summed E-state index contributed by atoms with van der Waals surface area (Å²) in [5.74, 6) is 0.312. The van der Waals surface area contributed by atoms with Crippen LogP contribution >= 0.6 is 7.60 Å². The minimum Gasteiger partial charge on any atom is -0.312 e. The maximum Gasteiger partial charge on any atom is 0.330 e. The van der Waals surface area contributed by atoms with Crippen LogP contribution in [0.2, 0.25) is 0 Å². The highest BCUT2D eigenvalue weighted by atomic mass is 31.2. The SMILES string of the molecule is CCCC(CP(=O)(OC)OC)C1=CC(=O)CCC1. The van der Waals surface area contributed by atoms with Crippen LogP contribution in [0.1, 0.15) is 39.0 Å². The molecular weight excluding hydrogens is 251 g/mol. The second kappa shape index (κ2) is 7.22. The zero-order valence-corrected chi connectivity index (χ0v) is 12.4. The van der Waals surface area contributed by atoms with Gasteiger partial charge in [0.05, 0.1) is 6.16 Å². The number of hydrogen-bond acceptors (Lipinski definition) is 4. The number of ketones is 1. The minimum atomic E-state index is -3.01. The van der Waals surface area contributed by atoms with Gasteiger partial charge in [0.2, 0.25) is 0 Å². The molecule has 0 aromatic carbocycles. The lowest BCUT2D eigenvalue weighted by Crippen LogP contribution is -2.16. The molecule has 4 nitrogen and oxygen atoms in total. The van der Waals surface area contributed by atoms with Gasteiger partial charge < -0.3 is 9.05 Å². The molecule has 0 fully saturated rings. The fourth-order valence-corrected chi connectivity index (χ4v) is 3.78. The molecule has 0 radical (unpaired) electrons. The van der Waals surface area contributed by atoms with E-state index < -0.39 is 7.60 Å². The van der Waals surface area contributed by atoms with Gasteiger partial charge >= 0.3 is 7.60 Å². The van der Waals surface area contributed by atoms with E-state index in [0.717, 1.165) is 31.3 Å². The van der Waals surface area contributed by atoms with E-state index in [-0.39, 0.29) is 11.7 Å². The maximum absolute atomic E-state index is 12.2. The van der Waals surface area contributed by atoms with Crippen LogP contribution in [0.4, 0.5) is 0 Å². The van der Waals surface area contributed by atoms with Crippen LogP contribution in [0.3, 0.4) is 0 Å². The molecule has 1 atom stereocenters.